The first-order valence-corrected chi connectivity index (χ1v) is 3.36. The van der Waals surface area contributed by atoms with Gasteiger partial charge in [-0.05, 0) is 17.7 Å². The van der Waals surface area contributed by atoms with Crippen LogP contribution in [0.15, 0.2) is 24.4 Å². The normalized spacial score (nSPS) is 10.6. The smallest absolute Gasteiger partial charge is 0.235 e. The Morgan fingerprint density at radius 1 is 1.31 bits per heavy atom. The van der Waals surface area contributed by atoms with Gasteiger partial charge in [-0.25, -0.2) is 8.78 Å². The van der Waals surface area contributed by atoms with E-state index in [1.165, 1.54) is 6.07 Å². The van der Waals surface area contributed by atoms with Gasteiger partial charge in [-0.3, -0.25) is 10.1 Å². The molecule has 0 aliphatic rings. The average molecular weight is 185 g/mol. The molecule has 0 saturated carbocycles. The van der Waals surface area contributed by atoms with Gasteiger partial charge in [0.2, 0.25) is 6.20 Å². The Balaban J connectivity index is 2.92. The number of rotatable bonds is 2. The summed E-state index contributed by atoms with van der Waals surface area (Å²) >= 11 is 0. The molecular weight excluding hydrogens is 180 g/mol. The second-order valence-electron chi connectivity index (χ2n) is 2.27. The van der Waals surface area contributed by atoms with Crippen molar-refractivity contribution in [3.63, 3.8) is 0 Å². The zero-order chi connectivity index (χ0) is 9.84. The summed E-state index contributed by atoms with van der Waals surface area (Å²) < 4.78 is 24.9. The molecule has 0 N–H and O–H groups in total. The number of nitro groups is 1. The first kappa shape index (κ1) is 9.31. The molecule has 3 nitrogen and oxygen atoms in total. The molecule has 0 amide bonds. The van der Waals surface area contributed by atoms with Crippen molar-refractivity contribution >= 4 is 6.08 Å². The van der Waals surface area contributed by atoms with Crippen LogP contribution in [0.5, 0.6) is 0 Å². The molecule has 0 spiro atoms. The Morgan fingerprint density at radius 2 is 2.00 bits per heavy atom. The molecule has 0 bridgehead atoms. The highest BCUT2D eigenvalue weighted by atomic mass is 19.2. The summed E-state index contributed by atoms with van der Waals surface area (Å²) in [6.07, 6.45) is 1.75. The zero-order valence-electron chi connectivity index (χ0n) is 6.41. The minimum Gasteiger partial charge on any atom is -0.259 e. The van der Waals surface area contributed by atoms with Gasteiger partial charge in [-0.1, -0.05) is 6.07 Å². The molecule has 1 aromatic carbocycles. The molecule has 0 saturated heterocycles. The van der Waals surface area contributed by atoms with Crippen molar-refractivity contribution in [2.75, 3.05) is 0 Å². The average Bonchev–Trinajstić information content (AvgIpc) is 2.07. The maximum atomic E-state index is 12.5. The lowest BCUT2D eigenvalue weighted by Gasteiger charge is -1.93. The summed E-state index contributed by atoms with van der Waals surface area (Å²) in [6.45, 7) is 0. The molecule has 13 heavy (non-hydrogen) atoms. The monoisotopic (exact) mass is 185 g/mol. The maximum Gasteiger partial charge on any atom is 0.235 e. The molecule has 0 aliphatic carbocycles. The lowest BCUT2D eigenvalue weighted by atomic mass is 10.2. The van der Waals surface area contributed by atoms with Gasteiger partial charge in [-0.2, -0.15) is 0 Å². The minimum absolute atomic E-state index is 0.246. The van der Waals surface area contributed by atoms with Gasteiger partial charge >= 0.3 is 0 Å². The molecular formula is C8H5F2NO2. The van der Waals surface area contributed by atoms with E-state index in [0.29, 0.717) is 6.20 Å². The van der Waals surface area contributed by atoms with E-state index in [9.17, 15) is 18.9 Å². The number of nitrogens with zero attached hydrogens (tertiary/aromatic N) is 1. The predicted molar refractivity (Wildman–Crippen MR) is 42.4 cm³/mol. The molecule has 0 atom stereocenters. The van der Waals surface area contributed by atoms with Crippen molar-refractivity contribution in [2.24, 2.45) is 0 Å². The first-order chi connectivity index (χ1) is 6.09. The topological polar surface area (TPSA) is 43.1 Å². The molecule has 0 aliphatic heterocycles. The SMILES string of the molecule is O=[N+]([O-])/C=C/c1ccc(F)c(F)c1. The van der Waals surface area contributed by atoms with E-state index in [4.69, 9.17) is 0 Å². The van der Waals surface area contributed by atoms with Crippen LogP contribution in [0.25, 0.3) is 6.08 Å². The van der Waals surface area contributed by atoms with Gasteiger partial charge in [0.25, 0.3) is 0 Å². The Kier molecular flexibility index (Phi) is 2.69. The fraction of sp³-hybridized carbons (Fsp3) is 0. The van der Waals surface area contributed by atoms with E-state index < -0.39 is 16.6 Å². The zero-order valence-corrected chi connectivity index (χ0v) is 6.41. The second kappa shape index (κ2) is 3.75. The van der Waals surface area contributed by atoms with Gasteiger partial charge in [0.1, 0.15) is 0 Å². The molecule has 0 unspecified atom stereocenters. The van der Waals surface area contributed by atoms with Gasteiger partial charge in [0, 0.05) is 6.08 Å². The summed E-state index contributed by atoms with van der Waals surface area (Å²) in [5, 5.41) is 9.88. The van der Waals surface area contributed by atoms with Crippen LogP contribution in [-0.4, -0.2) is 4.92 Å². The number of hydrogen-bond acceptors (Lipinski definition) is 2. The summed E-state index contributed by atoms with van der Waals surface area (Å²) in [4.78, 5) is 9.20. The van der Waals surface area contributed by atoms with Gasteiger partial charge in [-0.15, -0.1) is 0 Å². The van der Waals surface area contributed by atoms with Crippen LogP contribution in [0, 0.1) is 21.7 Å². The third-order valence-electron chi connectivity index (χ3n) is 1.33. The number of hydrogen-bond donors (Lipinski definition) is 0. The highest BCUT2D eigenvalue weighted by Crippen LogP contribution is 2.09. The van der Waals surface area contributed by atoms with Crippen molar-refractivity contribution in [2.45, 2.75) is 0 Å². The van der Waals surface area contributed by atoms with Crippen LogP contribution < -0.4 is 0 Å². The number of halogens is 2. The third kappa shape index (κ3) is 2.62. The summed E-state index contributed by atoms with van der Waals surface area (Å²) in [5.41, 5.74) is 0.246. The van der Waals surface area contributed by atoms with Crippen molar-refractivity contribution in [1.29, 1.82) is 0 Å². The Bertz CT molecular complexity index is 363. The van der Waals surface area contributed by atoms with Crippen LogP contribution in [0.2, 0.25) is 0 Å². The van der Waals surface area contributed by atoms with Crippen molar-refractivity contribution < 1.29 is 13.7 Å². The fourth-order valence-corrected chi connectivity index (χ4v) is 0.763. The molecule has 0 aromatic heterocycles. The summed E-state index contributed by atoms with van der Waals surface area (Å²) in [5.74, 6) is -2.00. The fourth-order valence-electron chi connectivity index (χ4n) is 0.763. The largest absolute Gasteiger partial charge is 0.259 e. The lowest BCUT2D eigenvalue weighted by molar-refractivity contribution is -0.400. The lowest BCUT2D eigenvalue weighted by Crippen LogP contribution is -1.86. The minimum atomic E-state index is -1.02. The van der Waals surface area contributed by atoms with Crippen LogP contribution in [0.4, 0.5) is 8.78 Å². The highest BCUT2D eigenvalue weighted by molar-refractivity contribution is 5.47. The van der Waals surface area contributed by atoms with Crippen molar-refractivity contribution in [1.82, 2.24) is 0 Å². The molecule has 0 heterocycles. The van der Waals surface area contributed by atoms with Gasteiger partial charge in [0.05, 0.1) is 4.92 Å². The third-order valence-corrected chi connectivity index (χ3v) is 1.33. The standard InChI is InChI=1S/C8H5F2NO2/c9-7-2-1-6(5-8(7)10)3-4-11(12)13/h1-5H/b4-3+. The van der Waals surface area contributed by atoms with Gasteiger partial charge in [0.15, 0.2) is 11.6 Å². The van der Waals surface area contributed by atoms with E-state index in [2.05, 4.69) is 0 Å². The molecule has 0 fully saturated rings. The van der Waals surface area contributed by atoms with Crippen molar-refractivity contribution in [3.05, 3.63) is 51.7 Å². The Hall–Kier alpha value is -1.78. The van der Waals surface area contributed by atoms with E-state index in [0.717, 1.165) is 18.2 Å². The number of benzene rings is 1. The first-order valence-electron chi connectivity index (χ1n) is 3.36. The van der Waals surface area contributed by atoms with E-state index in [-0.39, 0.29) is 5.56 Å². The summed E-state index contributed by atoms with van der Waals surface area (Å²) in [7, 11) is 0. The van der Waals surface area contributed by atoms with Crippen LogP contribution in [0.1, 0.15) is 5.56 Å². The summed E-state index contributed by atoms with van der Waals surface area (Å²) in [6, 6.07) is 3.04. The molecule has 1 rings (SSSR count). The van der Waals surface area contributed by atoms with Crippen molar-refractivity contribution in [3.8, 4) is 0 Å². The van der Waals surface area contributed by atoms with E-state index >= 15 is 0 Å². The quantitative estimate of drug-likeness (QED) is 0.523. The molecule has 0 radical (unpaired) electrons. The van der Waals surface area contributed by atoms with Crippen LogP contribution in [-0.2, 0) is 0 Å². The van der Waals surface area contributed by atoms with Crippen LogP contribution >= 0.6 is 0 Å². The molecule has 68 valence electrons. The van der Waals surface area contributed by atoms with E-state index in [1.54, 1.807) is 0 Å². The van der Waals surface area contributed by atoms with Gasteiger partial charge < -0.3 is 0 Å². The second-order valence-corrected chi connectivity index (χ2v) is 2.27. The maximum absolute atomic E-state index is 12.5. The van der Waals surface area contributed by atoms with Crippen LogP contribution in [0.3, 0.4) is 0 Å². The Morgan fingerprint density at radius 3 is 2.54 bits per heavy atom. The predicted octanol–water partition coefficient (Wildman–Crippen LogP) is 2.21. The Labute approximate surface area is 72.5 Å². The van der Waals surface area contributed by atoms with E-state index in [1.807, 2.05) is 0 Å². The molecule has 1 aromatic rings. The highest BCUT2D eigenvalue weighted by Gasteiger charge is 2.00. The molecule has 5 heteroatoms.